The van der Waals surface area contributed by atoms with Gasteiger partial charge >= 0.3 is 0 Å². The predicted molar refractivity (Wildman–Crippen MR) is 85.1 cm³/mol. The maximum atomic E-state index is 5.26. The van der Waals surface area contributed by atoms with Crippen LogP contribution in [0.3, 0.4) is 0 Å². The molecule has 2 heterocycles. The Hall–Kier alpha value is -0.700. The van der Waals surface area contributed by atoms with E-state index in [0.29, 0.717) is 8.64 Å². The number of aromatic nitrogens is 4. The van der Waals surface area contributed by atoms with Crippen molar-refractivity contribution in [2.24, 2.45) is 0 Å². The molecule has 18 heavy (non-hydrogen) atoms. The molecule has 0 aliphatic carbocycles. The molecule has 0 unspecified atom stereocenters. The van der Waals surface area contributed by atoms with Gasteiger partial charge in [-0.15, -0.1) is 0 Å². The van der Waals surface area contributed by atoms with Gasteiger partial charge in [0, 0.05) is 12.4 Å². The molecule has 0 saturated carbocycles. The molecule has 0 fully saturated rings. The molecule has 0 aliphatic rings. The van der Waals surface area contributed by atoms with E-state index < -0.39 is 0 Å². The van der Waals surface area contributed by atoms with Crippen LogP contribution in [0.5, 0.6) is 0 Å². The Morgan fingerprint density at radius 1 is 0.944 bits per heavy atom. The minimum absolute atomic E-state index is 0.652. The van der Waals surface area contributed by atoms with Crippen molar-refractivity contribution in [3.8, 4) is 0 Å². The van der Waals surface area contributed by atoms with Gasteiger partial charge in [0.05, 0.1) is 11.4 Å². The zero-order valence-corrected chi connectivity index (χ0v) is 13.0. The average Bonchev–Trinajstić information content (AvgIpc) is 2.94. The van der Waals surface area contributed by atoms with Crippen LogP contribution in [0.2, 0.25) is 0 Å². The molecule has 0 spiro atoms. The zero-order chi connectivity index (χ0) is 13.1. The Balaban J connectivity index is 1.92. The first-order valence-electron chi connectivity index (χ1n) is 5.04. The summed E-state index contributed by atoms with van der Waals surface area (Å²) in [5, 5.41) is 8.48. The highest BCUT2D eigenvalue weighted by Crippen LogP contribution is 2.26. The summed E-state index contributed by atoms with van der Waals surface area (Å²) in [6, 6.07) is 3.82. The maximum Gasteiger partial charge on any atom is 0.172 e. The average molecular weight is 314 g/mol. The van der Waals surface area contributed by atoms with E-state index in [1.807, 2.05) is 38.4 Å². The Morgan fingerprint density at radius 2 is 1.33 bits per heavy atom. The van der Waals surface area contributed by atoms with Gasteiger partial charge < -0.3 is 0 Å². The van der Waals surface area contributed by atoms with Gasteiger partial charge in [-0.3, -0.25) is 0 Å². The van der Waals surface area contributed by atoms with Crippen LogP contribution in [0.15, 0.2) is 24.5 Å². The molecular formula is C10H10N4S4. The smallest absolute Gasteiger partial charge is 0.172 e. The molecule has 4 nitrogen and oxygen atoms in total. The van der Waals surface area contributed by atoms with E-state index in [-0.39, 0.29) is 0 Å². The third kappa shape index (κ3) is 3.41. The molecule has 0 N–H and O–H groups in total. The molecule has 2 aromatic heterocycles. The standard InChI is InChI=1S/C10H10N4S4/c1-7-3-5-13(11-7)9(15)17-18-10(16)14-6-4-8(2)12-14/h3-6H,1-2H3. The topological polar surface area (TPSA) is 35.6 Å². The zero-order valence-electron chi connectivity index (χ0n) is 9.73. The first-order chi connectivity index (χ1) is 8.56. The van der Waals surface area contributed by atoms with Crippen LogP contribution >= 0.6 is 46.0 Å². The largest absolute Gasteiger partial charge is 0.222 e. The van der Waals surface area contributed by atoms with E-state index >= 15 is 0 Å². The molecule has 0 aromatic carbocycles. The molecule has 0 radical (unpaired) electrons. The van der Waals surface area contributed by atoms with Gasteiger partial charge in [0.25, 0.3) is 0 Å². The summed E-state index contributed by atoms with van der Waals surface area (Å²) >= 11 is 10.5. The fraction of sp³-hybridized carbons (Fsp3) is 0.200. The lowest BCUT2D eigenvalue weighted by Crippen LogP contribution is -2.08. The van der Waals surface area contributed by atoms with E-state index in [0.717, 1.165) is 11.4 Å². The van der Waals surface area contributed by atoms with Crippen molar-refractivity contribution >= 4 is 54.7 Å². The van der Waals surface area contributed by atoms with Crippen LogP contribution in [0.4, 0.5) is 0 Å². The van der Waals surface area contributed by atoms with Crippen LogP contribution in [0.1, 0.15) is 11.4 Å². The third-order valence-electron chi connectivity index (χ3n) is 2.00. The second kappa shape index (κ2) is 5.96. The van der Waals surface area contributed by atoms with Crippen LogP contribution in [0.25, 0.3) is 0 Å². The maximum absolute atomic E-state index is 5.26. The monoisotopic (exact) mass is 314 g/mol. The number of hydrogen-bond acceptors (Lipinski definition) is 6. The summed E-state index contributed by atoms with van der Waals surface area (Å²) in [6.45, 7) is 3.85. The van der Waals surface area contributed by atoms with Crippen molar-refractivity contribution in [3.63, 3.8) is 0 Å². The summed E-state index contributed by atoms with van der Waals surface area (Å²) in [7, 11) is 2.80. The molecule has 0 bridgehead atoms. The van der Waals surface area contributed by atoms with Crippen molar-refractivity contribution in [2.45, 2.75) is 13.8 Å². The molecule has 8 heteroatoms. The van der Waals surface area contributed by atoms with Crippen LogP contribution in [-0.2, 0) is 0 Å². The summed E-state index contributed by atoms with van der Waals surface area (Å²) in [4.78, 5) is 0. The molecule has 0 aliphatic heterocycles. The van der Waals surface area contributed by atoms with Crippen molar-refractivity contribution in [1.29, 1.82) is 0 Å². The summed E-state index contributed by atoms with van der Waals surface area (Å²) in [6.07, 6.45) is 3.68. The van der Waals surface area contributed by atoms with E-state index in [9.17, 15) is 0 Å². The first-order valence-corrected chi connectivity index (χ1v) is 8.00. The molecule has 0 atom stereocenters. The fourth-order valence-electron chi connectivity index (χ4n) is 1.18. The van der Waals surface area contributed by atoms with Gasteiger partial charge in [-0.25, -0.2) is 9.36 Å². The van der Waals surface area contributed by atoms with Gasteiger partial charge in [0.2, 0.25) is 0 Å². The van der Waals surface area contributed by atoms with Crippen LogP contribution in [0, 0.1) is 13.8 Å². The Kier molecular flexibility index (Phi) is 4.55. The summed E-state index contributed by atoms with van der Waals surface area (Å²) in [5.41, 5.74) is 1.88. The summed E-state index contributed by atoms with van der Waals surface area (Å²) < 4.78 is 4.64. The highest BCUT2D eigenvalue weighted by molar-refractivity contribution is 8.89. The fourth-order valence-corrected chi connectivity index (χ4v) is 3.38. The minimum Gasteiger partial charge on any atom is -0.222 e. The number of thiocarbonyl (C=S) groups is 2. The lowest BCUT2D eigenvalue weighted by atomic mass is 10.5. The quantitative estimate of drug-likeness (QED) is 0.549. The molecule has 2 rings (SSSR count). The van der Waals surface area contributed by atoms with Crippen molar-refractivity contribution in [1.82, 2.24) is 19.6 Å². The SMILES string of the molecule is Cc1ccn(C(=S)SSC(=S)n2ccc(C)n2)n1. The van der Waals surface area contributed by atoms with Gasteiger partial charge in [-0.2, -0.15) is 10.2 Å². The minimum atomic E-state index is 0.652. The van der Waals surface area contributed by atoms with Gasteiger partial charge in [-0.1, -0.05) is 0 Å². The molecule has 0 saturated heterocycles. The van der Waals surface area contributed by atoms with Crippen LogP contribution < -0.4 is 0 Å². The molecule has 2 aromatic rings. The first kappa shape index (κ1) is 13.7. The third-order valence-corrected chi connectivity index (χ3v) is 5.45. The van der Waals surface area contributed by atoms with E-state index in [4.69, 9.17) is 24.4 Å². The highest BCUT2D eigenvalue weighted by atomic mass is 33.1. The van der Waals surface area contributed by atoms with Crippen molar-refractivity contribution in [3.05, 3.63) is 35.9 Å². The number of aryl methyl sites for hydroxylation is 2. The number of rotatable bonds is 0. The van der Waals surface area contributed by atoms with Gasteiger partial charge in [0.1, 0.15) is 0 Å². The number of hydrogen-bond donors (Lipinski definition) is 0. The highest BCUT2D eigenvalue weighted by Gasteiger charge is 2.08. The van der Waals surface area contributed by atoms with E-state index in [1.165, 1.54) is 21.6 Å². The number of nitrogens with zero attached hydrogens (tertiary/aromatic N) is 4. The Bertz CT molecular complexity index is 534. The van der Waals surface area contributed by atoms with Gasteiger partial charge in [0.15, 0.2) is 8.64 Å². The molecule has 94 valence electrons. The van der Waals surface area contributed by atoms with Gasteiger partial charge in [-0.05, 0) is 72.0 Å². The second-order valence-electron chi connectivity index (χ2n) is 3.50. The summed E-state index contributed by atoms with van der Waals surface area (Å²) in [5.74, 6) is 0. The normalized spacial score (nSPS) is 10.6. The Labute approximate surface area is 124 Å². The molecular weight excluding hydrogens is 304 g/mol. The van der Waals surface area contributed by atoms with E-state index in [2.05, 4.69) is 10.2 Å². The lowest BCUT2D eigenvalue weighted by molar-refractivity contribution is 0.937. The van der Waals surface area contributed by atoms with E-state index in [1.54, 1.807) is 9.36 Å². The van der Waals surface area contributed by atoms with Crippen molar-refractivity contribution in [2.75, 3.05) is 0 Å². The lowest BCUT2D eigenvalue weighted by Gasteiger charge is -2.04. The Morgan fingerprint density at radius 3 is 1.61 bits per heavy atom. The van der Waals surface area contributed by atoms with Crippen molar-refractivity contribution < 1.29 is 0 Å². The molecule has 0 amide bonds. The van der Waals surface area contributed by atoms with Crippen LogP contribution in [-0.4, -0.2) is 28.2 Å². The second-order valence-corrected chi connectivity index (χ2v) is 6.90. The predicted octanol–water partition coefficient (Wildman–Crippen LogP) is 3.04.